The van der Waals surface area contributed by atoms with Crippen LogP contribution in [0.25, 0.3) is 11.1 Å². The quantitative estimate of drug-likeness (QED) is 0.232. The zero-order valence-corrected chi connectivity index (χ0v) is 10.7. The third kappa shape index (κ3) is 2.27. The second-order valence-corrected chi connectivity index (χ2v) is 3.12. The minimum atomic E-state index is -2.15. The van der Waals surface area contributed by atoms with Crippen molar-refractivity contribution in [3.63, 3.8) is 0 Å². The van der Waals surface area contributed by atoms with E-state index in [2.05, 4.69) is 0 Å². The molecule has 2 rings (SSSR count). The van der Waals surface area contributed by atoms with Crippen molar-refractivity contribution in [1.29, 1.82) is 0 Å². The molecule has 0 bridgehead atoms. The molecule has 0 spiro atoms. The summed E-state index contributed by atoms with van der Waals surface area (Å²) in [5.74, 6) is -9.65. The fourth-order valence-corrected chi connectivity index (χ4v) is 1.40. The van der Waals surface area contributed by atoms with E-state index in [1.807, 2.05) is 0 Å². The first-order valence-corrected chi connectivity index (χ1v) is 4.27. The normalized spacial score (nSPS) is 10.2. The molecule has 0 aromatic heterocycles. The minimum absolute atomic E-state index is 0. The van der Waals surface area contributed by atoms with Crippen LogP contribution >= 0.6 is 0 Å². The van der Waals surface area contributed by atoms with Crippen molar-refractivity contribution in [1.82, 2.24) is 0 Å². The van der Waals surface area contributed by atoms with Crippen LogP contribution in [0.15, 0.2) is 24.3 Å². The van der Waals surface area contributed by atoms with Crippen molar-refractivity contribution in [2.45, 2.75) is 0 Å². The maximum atomic E-state index is 13.2. The van der Waals surface area contributed by atoms with Gasteiger partial charge in [0.2, 0.25) is 0 Å². The molecule has 0 fully saturated rings. The molecule has 0 saturated heterocycles. The van der Waals surface area contributed by atoms with Gasteiger partial charge in [0.15, 0.2) is 17.5 Å². The van der Waals surface area contributed by atoms with Crippen LogP contribution in [0.5, 0.6) is 0 Å². The summed E-state index contributed by atoms with van der Waals surface area (Å²) in [4.78, 5) is 0. The first-order valence-electron chi connectivity index (χ1n) is 4.27. The Morgan fingerprint density at radius 3 is 1.41 bits per heavy atom. The van der Waals surface area contributed by atoms with E-state index in [1.165, 1.54) is 24.3 Å². The summed E-state index contributed by atoms with van der Waals surface area (Å²) in [6, 6.07) is 5.40. The van der Waals surface area contributed by atoms with Crippen LogP contribution in [0.1, 0.15) is 0 Å². The predicted octanol–water partition coefficient (Wildman–Crippen LogP) is 0.772. The number of halogens is 5. The maximum Gasteiger partial charge on any atom is 1.00 e. The molecule has 17 heavy (non-hydrogen) atoms. The molecule has 0 heterocycles. The Balaban J connectivity index is 0.00000144. The summed E-state index contributed by atoms with van der Waals surface area (Å²) in [7, 11) is 0. The van der Waals surface area contributed by atoms with E-state index in [-0.39, 0.29) is 35.1 Å². The van der Waals surface area contributed by atoms with Gasteiger partial charge in [-0.25, -0.2) is 22.0 Å². The van der Waals surface area contributed by atoms with Crippen molar-refractivity contribution < 1.29 is 51.5 Å². The van der Waals surface area contributed by atoms with E-state index in [0.29, 0.717) is 0 Å². The topological polar surface area (TPSA) is 0 Å². The Kier molecular flexibility index (Phi) is 4.41. The summed E-state index contributed by atoms with van der Waals surface area (Å²) in [6.07, 6.45) is 0. The first-order chi connectivity index (χ1) is 7.54. The average molecular weight is 254 g/mol. The molecule has 0 radical (unpaired) electrons. The molecule has 0 aliphatic heterocycles. The molecule has 84 valence electrons. The Hall–Kier alpha value is -0.780. The van der Waals surface area contributed by atoms with E-state index in [9.17, 15) is 22.0 Å². The standard InChI is InChI=1S/C11H4F5.Na/c12-7-6(5-3-1-2-4-5)8(13)10(15)11(16)9(7)14;/h1-4H;/q-1;+1. The van der Waals surface area contributed by atoms with Gasteiger partial charge in [0, 0.05) is 0 Å². The largest absolute Gasteiger partial charge is 1.00 e. The summed E-state index contributed by atoms with van der Waals surface area (Å²) in [6.45, 7) is 0. The molecule has 0 aliphatic carbocycles. The van der Waals surface area contributed by atoms with E-state index in [0.717, 1.165) is 0 Å². The van der Waals surface area contributed by atoms with Crippen LogP contribution in [-0.4, -0.2) is 0 Å². The van der Waals surface area contributed by atoms with Crippen LogP contribution < -0.4 is 29.6 Å². The van der Waals surface area contributed by atoms with Crippen molar-refractivity contribution in [2.75, 3.05) is 0 Å². The van der Waals surface area contributed by atoms with Crippen LogP contribution in [0.4, 0.5) is 22.0 Å². The molecule has 0 saturated carbocycles. The summed E-state index contributed by atoms with van der Waals surface area (Å²) < 4.78 is 64.9. The fourth-order valence-electron chi connectivity index (χ4n) is 1.40. The third-order valence-corrected chi connectivity index (χ3v) is 2.16. The Morgan fingerprint density at radius 2 is 1.00 bits per heavy atom. The monoisotopic (exact) mass is 254 g/mol. The van der Waals surface area contributed by atoms with Gasteiger partial charge in [0.05, 0.1) is 0 Å². The average Bonchev–Trinajstić information content (AvgIpc) is 2.77. The Labute approximate surface area is 116 Å². The van der Waals surface area contributed by atoms with Crippen molar-refractivity contribution in [3.05, 3.63) is 53.4 Å². The Morgan fingerprint density at radius 1 is 0.647 bits per heavy atom. The molecule has 2 aromatic carbocycles. The van der Waals surface area contributed by atoms with Gasteiger partial charge in [-0.1, -0.05) is 5.56 Å². The summed E-state index contributed by atoms with van der Waals surface area (Å²) in [5.41, 5.74) is -0.950. The number of rotatable bonds is 1. The maximum absolute atomic E-state index is 13.2. The van der Waals surface area contributed by atoms with Gasteiger partial charge in [-0.3, -0.25) is 0 Å². The van der Waals surface area contributed by atoms with Crippen molar-refractivity contribution in [3.8, 4) is 11.1 Å². The molecule has 0 N–H and O–H groups in total. The smallest absolute Gasteiger partial charge is 0.250 e. The van der Waals surface area contributed by atoms with E-state index in [1.54, 1.807) is 0 Å². The van der Waals surface area contributed by atoms with Gasteiger partial charge in [0.25, 0.3) is 0 Å². The van der Waals surface area contributed by atoms with E-state index >= 15 is 0 Å². The molecule has 2 aromatic rings. The van der Waals surface area contributed by atoms with Gasteiger partial charge in [-0.2, -0.15) is 12.1 Å². The van der Waals surface area contributed by atoms with Crippen LogP contribution in [0, 0.1) is 29.1 Å². The van der Waals surface area contributed by atoms with E-state index < -0.39 is 34.6 Å². The number of hydrogen-bond acceptors (Lipinski definition) is 0. The van der Waals surface area contributed by atoms with Gasteiger partial charge >= 0.3 is 29.6 Å². The van der Waals surface area contributed by atoms with Crippen LogP contribution in [0.3, 0.4) is 0 Å². The van der Waals surface area contributed by atoms with Gasteiger partial charge < -0.3 is 0 Å². The van der Waals surface area contributed by atoms with Gasteiger partial charge in [-0.05, 0) is 5.56 Å². The molecule has 0 amide bonds. The zero-order valence-electron chi connectivity index (χ0n) is 8.70. The first kappa shape index (κ1) is 14.3. The zero-order chi connectivity index (χ0) is 11.9. The molecular weight excluding hydrogens is 250 g/mol. The van der Waals surface area contributed by atoms with Gasteiger partial charge in [-0.15, -0.1) is 12.1 Å². The van der Waals surface area contributed by atoms with E-state index in [4.69, 9.17) is 0 Å². The van der Waals surface area contributed by atoms with Crippen molar-refractivity contribution in [2.24, 2.45) is 0 Å². The molecule has 0 atom stereocenters. The Bertz CT molecular complexity index is 504. The summed E-state index contributed by atoms with van der Waals surface area (Å²) in [5, 5.41) is 0. The third-order valence-electron chi connectivity index (χ3n) is 2.16. The molecular formula is C11H4F5Na. The van der Waals surface area contributed by atoms with Gasteiger partial charge in [0.1, 0.15) is 11.6 Å². The van der Waals surface area contributed by atoms with Crippen LogP contribution in [-0.2, 0) is 0 Å². The predicted molar refractivity (Wildman–Crippen MR) is 47.3 cm³/mol. The minimum Gasteiger partial charge on any atom is -0.250 e. The van der Waals surface area contributed by atoms with Crippen LogP contribution in [0.2, 0.25) is 0 Å². The SMILES string of the molecule is Fc1c(F)c(F)c(-[c-]2cccc2)c(F)c1F.[Na+]. The fraction of sp³-hybridized carbons (Fsp3) is 0. The van der Waals surface area contributed by atoms with Crippen molar-refractivity contribution >= 4 is 0 Å². The number of benzene rings is 1. The molecule has 0 aliphatic rings. The second-order valence-electron chi connectivity index (χ2n) is 3.12. The molecule has 0 nitrogen and oxygen atoms in total. The summed E-state index contributed by atoms with van der Waals surface area (Å²) >= 11 is 0. The second kappa shape index (κ2) is 5.25. The number of hydrogen-bond donors (Lipinski definition) is 0. The molecule has 0 unspecified atom stereocenters. The molecule has 6 heteroatoms.